The minimum Gasteiger partial charge on any atom is -0.399 e. The van der Waals surface area contributed by atoms with Crippen LogP contribution in [-0.4, -0.2) is 5.91 Å². The first-order chi connectivity index (χ1) is 9.65. The molecule has 2 aromatic rings. The highest BCUT2D eigenvalue weighted by Crippen LogP contribution is 2.32. The molecular formula is C16H15BrN2O. The molecule has 0 aromatic heterocycles. The Morgan fingerprint density at radius 3 is 2.85 bits per heavy atom. The zero-order chi connectivity index (χ0) is 14.1. The fourth-order valence-corrected chi connectivity index (χ4v) is 3.13. The van der Waals surface area contributed by atoms with Gasteiger partial charge in [-0.3, -0.25) is 4.79 Å². The number of nitrogens with one attached hydrogen (secondary N) is 1. The van der Waals surface area contributed by atoms with Crippen LogP contribution in [0.2, 0.25) is 0 Å². The van der Waals surface area contributed by atoms with Gasteiger partial charge in [0.2, 0.25) is 0 Å². The molecule has 1 aliphatic carbocycles. The van der Waals surface area contributed by atoms with Crippen molar-refractivity contribution >= 4 is 27.5 Å². The highest BCUT2D eigenvalue weighted by atomic mass is 79.9. The van der Waals surface area contributed by atoms with E-state index in [1.165, 1.54) is 11.1 Å². The Bertz CT molecular complexity index is 669. The summed E-state index contributed by atoms with van der Waals surface area (Å²) < 4.78 is 0.813. The van der Waals surface area contributed by atoms with Crippen molar-refractivity contribution in [2.24, 2.45) is 0 Å². The summed E-state index contributed by atoms with van der Waals surface area (Å²) in [6, 6.07) is 13.4. The molecule has 2 aromatic carbocycles. The Hall–Kier alpha value is -1.81. The number of fused-ring (bicyclic) bond motifs is 1. The standard InChI is InChI=1S/C16H15BrN2O/c17-14-4-2-1-3-13(14)16(20)19-15-8-5-10-9-11(18)6-7-12(10)15/h1-4,6-7,9,15H,5,8,18H2,(H,19,20). The molecular weight excluding hydrogens is 316 g/mol. The number of amides is 1. The number of aryl methyl sites for hydroxylation is 1. The third-order valence-corrected chi connectivity index (χ3v) is 4.36. The molecule has 4 heteroatoms. The van der Waals surface area contributed by atoms with Crippen LogP contribution in [0.25, 0.3) is 0 Å². The van der Waals surface area contributed by atoms with Crippen molar-refractivity contribution in [3.05, 3.63) is 63.6 Å². The number of rotatable bonds is 2. The summed E-state index contributed by atoms with van der Waals surface area (Å²) >= 11 is 3.41. The van der Waals surface area contributed by atoms with Gasteiger partial charge in [0.15, 0.2) is 0 Å². The Labute approximate surface area is 126 Å². The third-order valence-electron chi connectivity index (χ3n) is 3.67. The smallest absolute Gasteiger partial charge is 0.252 e. The van der Waals surface area contributed by atoms with Crippen LogP contribution < -0.4 is 11.1 Å². The summed E-state index contributed by atoms with van der Waals surface area (Å²) in [5.41, 5.74) is 9.66. The largest absolute Gasteiger partial charge is 0.399 e. The van der Waals surface area contributed by atoms with E-state index in [0.29, 0.717) is 5.56 Å². The number of nitrogens with two attached hydrogens (primary N) is 1. The molecule has 0 aliphatic heterocycles. The molecule has 20 heavy (non-hydrogen) atoms. The average Bonchev–Trinajstić information content (AvgIpc) is 2.81. The lowest BCUT2D eigenvalue weighted by molar-refractivity contribution is 0.0936. The molecule has 0 spiro atoms. The van der Waals surface area contributed by atoms with E-state index >= 15 is 0 Å². The molecule has 1 unspecified atom stereocenters. The van der Waals surface area contributed by atoms with E-state index in [-0.39, 0.29) is 11.9 Å². The van der Waals surface area contributed by atoms with Crippen molar-refractivity contribution in [3.63, 3.8) is 0 Å². The molecule has 102 valence electrons. The molecule has 3 rings (SSSR count). The number of nitrogen functional groups attached to an aromatic ring is 1. The number of hydrogen-bond donors (Lipinski definition) is 2. The van der Waals surface area contributed by atoms with Gasteiger partial charge in [0, 0.05) is 10.2 Å². The predicted octanol–water partition coefficient (Wildman–Crippen LogP) is 3.45. The molecule has 3 nitrogen and oxygen atoms in total. The van der Waals surface area contributed by atoms with Crippen LogP contribution in [-0.2, 0) is 6.42 Å². The maximum Gasteiger partial charge on any atom is 0.252 e. The SMILES string of the molecule is Nc1ccc2c(c1)CCC2NC(=O)c1ccccc1Br. The summed E-state index contributed by atoms with van der Waals surface area (Å²) in [6.45, 7) is 0. The lowest BCUT2D eigenvalue weighted by atomic mass is 10.1. The topological polar surface area (TPSA) is 55.1 Å². The minimum atomic E-state index is -0.0489. The molecule has 1 aliphatic rings. The van der Waals surface area contributed by atoms with Gasteiger partial charge in [0.1, 0.15) is 0 Å². The number of carbonyl (C=O) groups is 1. The second-order valence-corrected chi connectivity index (χ2v) is 5.86. The number of halogens is 1. The number of hydrogen-bond acceptors (Lipinski definition) is 2. The highest BCUT2D eigenvalue weighted by Gasteiger charge is 2.24. The van der Waals surface area contributed by atoms with E-state index < -0.39 is 0 Å². The number of benzene rings is 2. The van der Waals surface area contributed by atoms with Gasteiger partial charge in [0.05, 0.1) is 11.6 Å². The van der Waals surface area contributed by atoms with Crippen LogP contribution in [0.15, 0.2) is 46.9 Å². The van der Waals surface area contributed by atoms with Crippen molar-refractivity contribution in [1.29, 1.82) is 0 Å². The van der Waals surface area contributed by atoms with Gasteiger partial charge in [-0.05, 0) is 64.2 Å². The Morgan fingerprint density at radius 1 is 1.25 bits per heavy atom. The summed E-state index contributed by atoms with van der Waals surface area (Å²) in [5.74, 6) is -0.0489. The van der Waals surface area contributed by atoms with Gasteiger partial charge in [0.25, 0.3) is 5.91 Å². The number of anilines is 1. The zero-order valence-corrected chi connectivity index (χ0v) is 12.5. The van der Waals surface area contributed by atoms with Crippen molar-refractivity contribution in [3.8, 4) is 0 Å². The zero-order valence-electron chi connectivity index (χ0n) is 10.9. The summed E-state index contributed by atoms with van der Waals surface area (Å²) in [5, 5.41) is 3.10. The maximum atomic E-state index is 12.3. The molecule has 1 amide bonds. The van der Waals surface area contributed by atoms with Gasteiger partial charge in [-0.15, -0.1) is 0 Å². The average molecular weight is 331 g/mol. The van der Waals surface area contributed by atoms with Crippen LogP contribution in [0.3, 0.4) is 0 Å². The van der Waals surface area contributed by atoms with Crippen LogP contribution in [0.1, 0.15) is 33.9 Å². The fourth-order valence-electron chi connectivity index (χ4n) is 2.67. The highest BCUT2D eigenvalue weighted by molar-refractivity contribution is 9.10. The second-order valence-electron chi connectivity index (χ2n) is 5.00. The Kier molecular flexibility index (Phi) is 3.49. The molecule has 0 heterocycles. The first-order valence-electron chi connectivity index (χ1n) is 6.59. The number of carbonyl (C=O) groups excluding carboxylic acids is 1. The summed E-state index contributed by atoms with van der Waals surface area (Å²) in [4.78, 5) is 12.3. The normalized spacial score (nSPS) is 16.8. The monoisotopic (exact) mass is 330 g/mol. The van der Waals surface area contributed by atoms with Crippen molar-refractivity contribution in [2.75, 3.05) is 5.73 Å². The van der Waals surface area contributed by atoms with Crippen LogP contribution in [0, 0.1) is 0 Å². The van der Waals surface area contributed by atoms with Crippen molar-refractivity contribution in [2.45, 2.75) is 18.9 Å². The Balaban J connectivity index is 1.81. The van der Waals surface area contributed by atoms with E-state index in [2.05, 4.69) is 21.2 Å². The second kappa shape index (κ2) is 5.29. The first kappa shape index (κ1) is 13.2. The maximum absolute atomic E-state index is 12.3. The van der Waals surface area contributed by atoms with Gasteiger partial charge in [-0.1, -0.05) is 18.2 Å². The molecule has 0 saturated heterocycles. The van der Waals surface area contributed by atoms with Gasteiger partial charge >= 0.3 is 0 Å². The predicted molar refractivity (Wildman–Crippen MR) is 83.5 cm³/mol. The van der Waals surface area contributed by atoms with E-state index in [0.717, 1.165) is 23.0 Å². The van der Waals surface area contributed by atoms with Gasteiger partial charge in [-0.25, -0.2) is 0 Å². The molecule has 3 N–H and O–H groups in total. The van der Waals surface area contributed by atoms with E-state index in [9.17, 15) is 4.79 Å². The molecule has 0 fully saturated rings. The van der Waals surface area contributed by atoms with Crippen molar-refractivity contribution in [1.82, 2.24) is 5.32 Å². The lowest BCUT2D eigenvalue weighted by Gasteiger charge is -2.15. The van der Waals surface area contributed by atoms with Gasteiger partial charge in [-0.2, -0.15) is 0 Å². The van der Waals surface area contributed by atoms with Crippen LogP contribution >= 0.6 is 15.9 Å². The summed E-state index contributed by atoms with van der Waals surface area (Å²) in [6.07, 6.45) is 1.89. The minimum absolute atomic E-state index is 0.0489. The fraction of sp³-hybridized carbons (Fsp3) is 0.188. The lowest BCUT2D eigenvalue weighted by Crippen LogP contribution is -2.27. The van der Waals surface area contributed by atoms with Gasteiger partial charge < -0.3 is 11.1 Å². The van der Waals surface area contributed by atoms with E-state index in [4.69, 9.17) is 5.73 Å². The summed E-state index contributed by atoms with van der Waals surface area (Å²) in [7, 11) is 0. The molecule has 0 bridgehead atoms. The quantitative estimate of drug-likeness (QED) is 0.828. The molecule has 0 saturated carbocycles. The molecule has 0 radical (unpaired) electrons. The first-order valence-corrected chi connectivity index (χ1v) is 7.38. The third kappa shape index (κ3) is 2.43. The Morgan fingerprint density at radius 2 is 2.05 bits per heavy atom. The van der Waals surface area contributed by atoms with Crippen molar-refractivity contribution < 1.29 is 4.79 Å². The van der Waals surface area contributed by atoms with E-state index in [1.54, 1.807) is 0 Å². The molecule has 1 atom stereocenters. The van der Waals surface area contributed by atoms with Crippen LogP contribution in [0.5, 0.6) is 0 Å². The van der Waals surface area contributed by atoms with Crippen LogP contribution in [0.4, 0.5) is 5.69 Å². The van der Waals surface area contributed by atoms with E-state index in [1.807, 2.05) is 42.5 Å².